The van der Waals surface area contributed by atoms with Gasteiger partial charge in [-0.15, -0.1) is 0 Å². The maximum atomic E-state index is 5.52. The molecule has 1 fully saturated rings. The van der Waals surface area contributed by atoms with E-state index < -0.39 is 0 Å². The first-order valence-electron chi connectivity index (χ1n) is 3.89. The number of hydrogen-bond acceptors (Lipinski definition) is 2. The van der Waals surface area contributed by atoms with Crippen LogP contribution >= 0.6 is 0 Å². The van der Waals surface area contributed by atoms with Crippen LogP contribution in [0, 0.1) is 0 Å². The van der Waals surface area contributed by atoms with E-state index in [0.717, 1.165) is 13.0 Å². The van der Waals surface area contributed by atoms with Crippen LogP contribution in [0.1, 0.15) is 19.3 Å². The molecule has 0 spiro atoms. The summed E-state index contributed by atoms with van der Waals surface area (Å²) in [6, 6.07) is 0. The second-order valence-electron chi connectivity index (χ2n) is 2.85. The van der Waals surface area contributed by atoms with Crippen LogP contribution in [-0.4, -0.2) is 18.8 Å². The fourth-order valence-electron chi connectivity index (χ4n) is 1.61. The van der Waals surface area contributed by atoms with Gasteiger partial charge in [0.2, 0.25) is 0 Å². The van der Waals surface area contributed by atoms with Crippen LogP contribution in [-0.2, 0) is 9.47 Å². The van der Waals surface area contributed by atoms with Gasteiger partial charge in [0, 0.05) is 0 Å². The van der Waals surface area contributed by atoms with E-state index in [-0.39, 0.29) is 0 Å². The lowest BCUT2D eigenvalue weighted by molar-refractivity contribution is -0.000289. The molecular formula is C8H12O2. The van der Waals surface area contributed by atoms with Crippen molar-refractivity contribution in [2.45, 2.75) is 31.5 Å². The Morgan fingerprint density at radius 1 is 1.20 bits per heavy atom. The van der Waals surface area contributed by atoms with Crippen molar-refractivity contribution in [1.29, 1.82) is 0 Å². The molecule has 0 aromatic rings. The molecule has 2 rings (SSSR count). The minimum Gasteiger partial charge on any atom is -0.496 e. The Balaban J connectivity index is 2.02. The molecule has 56 valence electrons. The van der Waals surface area contributed by atoms with Gasteiger partial charge in [0.15, 0.2) is 0 Å². The van der Waals surface area contributed by atoms with E-state index in [0.29, 0.717) is 12.2 Å². The first-order valence-corrected chi connectivity index (χ1v) is 3.89. The molecule has 2 nitrogen and oxygen atoms in total. The molecule has 0 aromatic carbocycles. The summed E-state index contributed by atoms with van der Waals surface area (Å²) in [6.45, 7) is 0.723. The van der Waals surface area contributed by atoms with Gasteiger partial charge in [-0.25, -0.2) is 0 Å². The van der Waals surface area contributed by atoms with Crippen molar-refractivity contribution in [3.8, 4) is 0 Å². The zero-order valence-corrected chi connectivity index (χ0v) is 5.95. The molecule has 0 saturated heterocycles. The lowest BCUT2D eigenvalue weighted by Crippen LogP contribution is -2.22. The topological polar surface area (TPSA) is 18.5 Å². The van der Waals surface area contributed by atoms with Gasteiger partial charge in [-0.05, 0) is 25.3 Å². The highest BCUT2D eigenvalue weighted by atomic mass is 16.5. The summed E-state index contributed by atoms with van der Waals surface area (Å²) in [7, 11) is 0. The number of rotatable bonds is 0. The molecule has 2 atom stereocenters. The highest BCUT2D eigenvalue weighted by Gasteiger charge is 2.29. The largest absolute Gasteiger partial charge is 0.496 e. The van der Waals surface area contributed by atoms with Gasteiger partial charge >= 0.3 is 0 Å². The summed E-state index contributed by atoms with van der Waals surface area (Å²) in [6.07, 6.45) is 8.01. The normalized spacial score (nSPS) is 38.4. The standard InChI is InChI=1S/C8H12O2/c1-3-7-8(4-1)10-6-2-5-9-7/h2,5,7-8H,1,3-4,6H2/t7-,8-/m1/s1. The smallest absolute Gasteiger partial charge is 0.124 e. The predicted molar refractivity (Wildman–Crippen MR) is 37.6 cm³/mol. The van der Waals surface area contributed by atoms with Crippen LogP contribution in [0.5, 0.6) is 0 Å². The van der Waals surface area contributed by atoms with E-state index in [4.69, 9.17) is 9.47 Å². The summed E-state index contributed by atoms with van der Waals surface area (Å²) in [5, 5.41) is 0. The highest BCUT2D eigenvalue weighted by molar-refractivity contribution is 4.87. The van der Waals surface area contributed by atoms with Gasteiger partial charge < -0.3 is 9.47 Å². The summed E-state index contributed by atoms with van der Waals surface area (Å²) in [4.78, 5) is 0. The molecule has 10 heavy (non-hydrogen) atoms. The molecule has 1 heterocycles. The van der Waals surface area contributed by atoms with Crippen LogP contribution < -0.4 is 0 Å². The fourth-order valence-corrected chi connectivity index (χ4v) is 1.61. The lowest BCUT2D eigenvalue weighted by atomic mass is 10.3. The molecule has 0 bridgehead atoms. The van der Waals surface area contributed by atoms with E-state index in [2.05, 4.69) is 0 Å². The first kappa shape index (κ1) is 6.23. The Kier molecular flexibility index (Phi) is 1.63. The predicted octanol–water partition coefficient (Wildman–Crippen LogP) is 1.47. The minimum atomic E-state index is 0.346. The summed E-state index contributed by atoms with van der Waals surface area (Å²) < 4.78 is 10.9. The average molecular weight is 140 g/mol. The third kappa shape index (κ3) is 1.03. The second-order valence-corrected chi connectivity index (χ2v) is 2.85. The molecule has 0 N–H and O–H groups in total. The molecule has 0 aromatic heterocycles. The molecule has 0 amide bonds. The van der Waals surface area contributed by atoms with E-state index in [1.165, 1.54) is 12.8 Å². The molecule has 2 aliphatic rings. The molecular weight excluding hydrogens is 128 g/mol. The second kappa shape index (κ2) is 2.62. The first-order chi connectivity index (χ1) is 4.97. The third-order valence-corrected chi connectivity index (χ3v) is 2.15. The highest BCUT2D eigenvalue weighted by Crippen LogP contribution is 2.26. The minimum absolute atomic E-state index is 0.346. The van der Waals surface area contributed by atoms with Crippen molar-refractivity contribution in [2.75, 3.05) is 6.61 Å². The molecule has 1 aliphatic carbocycles. The van der Waals surface area contributed by atoms with Gasteiger partial charge in [-0.2, -0.15) is 0 Å². The van der Waals surface area contributed by atoms with Gasteiger partial charge in [-0.1, -0.05) is 0 Å². The average Bonchev–Trinajstić information content (AvgIpc) is 2.28. The van der Waals surface area contributed by atoms with E-state index in [9.17, 15) is 0 Å². The number of hydrogen-bond donors (Lipinski definition) is 0. The quantitative estimate of drug-likeness (QED) is 0.507. The lowest BCUT2D eigenvalue weighted by Gasteiger charge is -2.15. The van der Waals surface area contributed by atoms with Gasteiger partial charge in [-0.3, -0.25) is 0 Å². The van der Waals surface area contributed by atoms with Crippen molar-refractivity contribution < 1.29 is 9.47 Å². The maximum Gasteiger partial charge on any atom is 0.124 e. The zero-order chi connectivity index (χ0) is 6.81. The fraction of sp³-hybridized carbons (Fsp3) is 0.750. The van der Waals surface area contributed by atoms with Crippen LogP contribution in [0.4, 0.5) is 0 Å². The van der Waals surface area contributed by atoms with Crippen LogP contribution in [0.15, 0.2) is 12.3 Å². The molecule has 0 radical (unpaired) electrons. The van der Waals surface area contributed by atoms with E-state index >= 15 is 0 Å². The van der Waals surface area contributed by atoms with Gasteiger partial charge in [0.25, 0.3) is 0 Å². The van der Waals surface area contributed by atoms with Crippen molar-refractivity contribution in [3.05, 3.63) is 12.3 Å². The molecule has 1 aliphatic heterocycles. The van der Waals surface area contributed by atoms with E-state index in [1.807, 2.05) is 6.08 Å². The Morgan fingerprint density at radius 2 is 2.10 bits per heavy atom. The van der Waals surface area contributed by atoms with Crippen LogP contribution in [0.2, 0.25) is 0 Å². The monoisotopic (exact) mass is 140 g/mol. The summed E-state index contributed by atoms with van der Waals surface area (Å²) >= 11 is 0. The van der Waals surface area contributed by atoms with Crippen LogP contribution in [0.25, 0.3) is 0 Å². The Hall–Kier alpha value is -0.500. The van der Waals surface area contributed by atoms with Gasteiger partial charge in [0.1, 0.15) is 6.10 Å². The maximum absolute atomic E-state index is 5.52. The molecule has 0 unspecified atom stereocenters. The van der Waals surface area contributed by atoms with Crippen molar-refractivity contribution in [1.82, 2.24) is 0 Å². The van der Waals surface area contributed by atoms with Gasteiger partial charge in [0.05, 0.1) is 19.0 Å². The Bertz CT molecular complexity index is 142. The summed E-state index contributed by atoms with van der Waals surface area (Å²) in [5.41, 5.74) is 0. The Labute approximate surface area is 60.8 Å². The molecule has 1 saturated carbocycles. The van der Waals surface area contributed by atoms with E-state index in [1.54, 1.807) is 6.26 Å². The zero-order valence-electron chi connectivity index (χ0n) is 5.95. The van der Waals surface area contributed by atoms with Crippen molar-refractivity contribution >= 4 is 0 Å². The third-order valence-electron chi connectivity index (χ3n) is 2.15. The van der Waals surface area contributed by atoms with Crippen LogP contribution in [0.3, 0.4) is 0 Å². The summed E-state index contributed by atoms with van der Waals surface area (Å²) in [5.74, 6) is 0. The molecule has 2 heteroatoms. The SMILES string of the molecule is C1=CO[C@@H]2CCC[C@H]2OC1. The number of ether oxygens (including phenoxy) is 2. The van der Waals surface area contributed by atoms with Crippen molar-refractivity contribution in [2.24, 2.45) is 0 Å². The number of fused-ring (bicyclic) bond motifs is 1. The Morgan fingerprint density at radius 3 is 3.10 bits per heavy atom. The van der Waals surface area contributed by atoms with Crippen molar-refractivity contribution in [3.63, 3.8) is 0 Å².